The van der Waals surface area contributed by atoms with Gasteiger partial charge in [-0.2, -0.15) is 0 Å². The van der Waals surface area contributed by atoms with Crippen LogP contribution in [0.5, 0.6) is 0 Å². The summed E-state index contributed by atoms with van der Waals surface area (Å²) >= 11 is 13.3. The molecule has 190 valence electrons. The molecule has 3 N–H and O–H groups in total. The molecule has 1 amide bonds. The van der Waals surface area contributed by atoms with Gasteiger partial charge in [0.25, 0.3) is 0 Å². The third kappa shape index (κ3) is 7.56. The van der Waals surface area contributed by atoms with E-state index in [1.165, 1.54) is 0 Å². The SMILES string of the molecule is CCOC(=O)[C@@H](Cc1ccccc1)NC(=O)C1CC(Cl)C(CCCN2CCNCC2)C(Cl)C1O. The highest BCUT2D eigenvalue weighted by Crippen LogP contribution is 2.39. The average Bonchev–Trinajstić information content (AvgIpc) is 2.84. The molecule has 0 spiro atoms. The number of halogens is 2. The molecule has 1 aliphatic heterocycles. The van der Waals surface area contributed by atoms with E-state index in [-0.39, 0.29) is 17.9 Å². The smallest absolute Gasteiger partial charge is 0.328 e. The number of alkyl halides is 2. The minimum Gasteiger partial charge on any atom is -0.464 e. The van der Waals surface area contributed by atoms with E-state index in [4.69, 9.17) is 27.9 Å². The second-order valence-corrected chi connectivity index (χ2v) is 10.3. The molecule has 1 aromatic carbocycles. The predicted octanol–water partition coefficient (Wildman–Crippen LogP) is 2.17. The zero-order valence-corrected chi connectivity index (χ0v) is 21.3. The molecular formula is C25H37Cl2N3O4. The van der Waals surface area contributed by atoms with Gasteiger partial charge in [-0.15, -0.1) is 23.2 Å². The van der Waals surface area contributed by atoms with Crippen molar-refractivity contribution >= 4 is 35.1 Å². The van der Waals surface area contributed by atoms with E-state index in [0.29, 0.717) is 12.8 Å². The van der Waals surface area contributed by atoms with Crippen LogP contribution in [0.1, 0.15) is 31.7 Å². The first-order chi connectivity index (χ1) is 16.4. The summed E-state index contributed by atoms with van der Waals surface area (Å²) in [7, 11) is 0. The summed E-state index contributed by atoms with van der Waals surface area (Å²) < 4.78 is 5.17. The Hall–Kier alpha value is -1.38. The lowest BCUT2D eigenvalue weighted by atomic mass is 9.76. The number of carbonyl (C=O) groups excluding carboxylic acids is 2. The molecule has 5 unspecified atom stereocenters. The maximum absolute atomic E-state index is 13.1. The average molecular weight is 514 g/mol. The van der Waals surface area contributed by atoms with Crippen LogP contribution in [0.15, 0.2) is 30.3 Å². The Morgan fingerprint density at radius 3 is 2.62 bits per heavy atom. The van der Waals surface area contributed by atoms with Crippen molar-refractivity contribution < 1.29 is 19.4 Å². The number of ether oxygens (including phenoxy) is 1. The van der Waals surface area contributed by atoms with E-state index in [0.717, 1.165) is 51.1 Å². The zero-order valence-electron chi connectivity index (χ0n) is 19.8. The maximum Gasteiger partial charge on any atom is 0.328 e. The van der Waals surface area contributed by atoms with Crippen LogP contribution in [0.25, 0.3) is 0 Å². The third-order valence-corrected chi connectivity index (χ3v) is 7.90. The van der Waals surface area contributed by atoms with Gasteiger partial charge >= 0.3 is 5.97 Å². The second kappa shape index (κ2) is 13.6. The van der Waals surface area contributed by atoms with Crippen LogP contribution in [-0.4, -0.2) is 84.1 Å². The number of esters is 1. The Morgan fingerprint density at radius 1 is 1.24 bits per heavy atom. The minimum atomic E-state index is -1.03. The molecular weight excluding hydrogens is 477 g/mol. The van der Waals surface area contributed by atoms with Crippen LogP contribution < -0.4 is 10.6 Å². The van der Waals surface area contributed by atoms with E-state index in [9.17, 15) is 14.7 Å². The summed E-state index contributed by atoms with van der Waals surface area (Å²) in [6.45, 7) is 7.01. The molecule has 2 fully saturated rings. The van der Waals surface area contributed by atoms with Gasteiger partial charge in [-0.3, -0.25) is 4.79 Å². The second-order valence-electron chi connectivity index (χ2n) is 9.19. The van der Waals surface area contributed by atoms with Crippen LogP contribution in [-0.2, 0) is 20.7 Å². The summed E-state index contributed by atoms with van der Waals surface area (Å²) in [5.74, 6) is -1.77. The summed E-state index contributed by atoms with van der Waals surface area (Å²) in [6, 6.07) is 8.58. The number of hydrogen-bond donors (Lipinski definition) is 3. The van der Waals surface area contributed by atoms with Crippen molar-refractivity contribution in [3.05, 3.63) is 35.9 Å². The lowest BCUT2D eigenvalue weighted by molar-refractivity contribution is -0.148. The number of hydrogen-bond acceptors (Lipinski definition) is 6. The molecule has 1 heterocycles. The first-order valence-corrected chi connectivity index (χ1v) is 13.2. The molecule has 6 atom stereocenters. The molecule has 1 saturated carbocycles. The highest BCUT2D eigenvalue weighted by Gasteiger charge is 2.45. The molecule has 1 aromatic rings. The van der Waals surface area contributed by atoms with E-state index >= 15 is 0 Å². The molecule has 7 nitrogen and oxygen atoms in total. The predicted molar refractivity (Wildman–Crippen MR) is 134 cm³/mol. The summed E-state index contributed by atoms with van der Waals surface area (Å²) in [6.07, 6.45) is 1.34. The maximum atomic E-state index is 13.1. The van der Waals surface area contributed by atoms with Gasteiger partial charge in [0.1, 0.15) is 6.04 Å². The first-order valence-electron chi connectivity index (χ1n) is 12.3. The van der Waals surface area contributed by atoms with Gasteiger partial charge in [-0.05, 0) is 44.2 Å². The number of benzene rings is 1. The summed E-state index contributed by atoms with van der Waals surface area (Å²) in [4.78, 5) is 28.1. The highest BCUT2D eigenvalue weighted by molar-refractivity contribution is 6.24. The fourth-order valence-corrected chi connectivity index (χ4v) is 5.91. The van der Waals surface area contributed by atoms with Gasteiger partial charge < -0.3 is 25.4 Å². The zero-order chi connectivity index (χ0) is 24.5. The van der Waals surface area contributed by atoms with E-state index < -0.39 is 35.3 Å². The standard InChI is InChI=1S/C25H37Cl2N3O4/c1-2-34-25(33)21(15-17-7-4-3-5-8-17)29-24(32)19-16-20(26)18(22(27)23(19)31)9-6-12-30-13-10-28-11-14-30/h3-5,7-8,18-23,28,31H,2,6,9-16H2,1H3,(H,29,32)/t18?,19?,20?,21-,22?,23?/m1/s1. The molecule has 0 bridgehead atoms. The Morgan fingerprint density at radius 2 is 1.94 bits per heavy atom. The number of nitrogens with one attached hydrogen (secondary N) is 2. The molecule has 9 heteroatoms. The van der Waals surface area contributed by atoms with Crippen molar-refractivity contribution in [2.45, 2.75) is 55.5 Å². The van der Waals surface area contributed by atoms with Gasteiger partial charge in [0.2, 0.25) is 5.91 Å². The quantitative estimate of drug-likeness (QED) is 0.328. The number of piperazine rings is 1. The van der Waals surface area contributed by atoms with Crippen molar-refractivity contribution in [2.75, 3.05) is 39.3 Å². The lowest BCUT2D eigenvalue weighted by Crippen LogP contribution is -2.54. The molecule has 1 aliphatic carbocycles. The van der Waals surface area contributed by atoms with Gasteiger partial charge in [-0.25, -0.2) is 4.79 Å². The lowest BCUT2D eigenvalue weighted by Gasteiger charge is -2.40. The van der Waals surface area contributed by atoms with E-state index in [1.807, 2.05) is 30.3 Å². The molecule has 2 aliphatic rings. The van der Waals surface area contributed by atoms with Crippen molar-refractivity contribution in [2.24, 2.45) is 11.8 Å². The molecule has 1 saturated heterocycles. The monoisotopic (exact) mass is 513 g/mol. The largest absolute Gasteiger partial charge is 0.464 e. The first kappa shape index (κ1) is 27.2. The topological polar surface area (TPSA) is 90.9 Å². The van der Waals surface area contributed by atoms with E-state index in [2.05, 4.69) is 15.5 Å². The summed E-state index contributed by atoms with van der Waals surface area (Å²) in [5, 5.41) is 16.1. The van der Waals surface area contributed by atoms with Crippen LogP contribution in [0.3, 0.4) is 0 Å². The van der Waals surface area contributed by atoms with Crippen LogP contribution in [0.2, 0.25) is 0 Å². The Bertz CT molecular complexity index is 779. The third-order valence-electron chi connectivity index (χ3n) is 6.82. The van der Waals surface area contributed by atoms with Crippen molar-refractivity contribution in [3.8, 4) is 0 Å². The summed E-state index contributed by atoms with van der Waals surface area (Å²) in [5.41, 5.74) is 0.903. The number of nitrogens with zero attached hydrogens (tertiary/aromatic N) is 1. The number of carbonyl (C=O) groups is 2. The fourth-order valence-electron chi connectivity index (χ4n) is 4.88. The van der Waals surface area contributed by atoms with Crippen LogP contribution >= 0.6 is 23.2 Å². The minimum absolute atomic E-state index is 0.0736. The highest BCUT2D eigenvalue weighted by atomic mass is 35.5. The Kier molecular flexibility index (Phi) is 10.9. The normalized spacial score (nSPS) is 28.8. The number of rotatable bonds is 10. The number of amides is 1. The van der Waals surface area contributed by atoms with Crippen molar-refractivity contribution in [1.82, 2.24) is 15.5 Å². The Balaban J connectivity index is 1.57. The molecule has 0 radical (unpaired) electrons. The van der Waals surface area contributed by atoms with Gasteiger partial charge in [0.05, 0.1) is 24.0 Å². The van der Waals surface area contributed by atoms with Crippen molar-refractivity contribution in [3.63, 3.8) is 0 Å². The van der Waals surface area contributed by atoms with Gasteiger partial charge in [0, 0.05) is 38.0 Å². The van der Waals surface area contributed by atoms with Crippen LogP contribution in [0.4, 0.5) is 0 Å². The van der Waals surface area contributed by atoms with Gasteiger partial charge in [-0.1, -0.05) is 30.3 Å². The number of aliphatic hydroxyl groups excluding tert-OH is 1. The van der Waals surface area contributed by atoms with Crippen LogP contribution in [0, 0.1) is 11.8 Å². The molecule has 34 heavy (non-hydrogen) atoms. The van der Waals surface area contributed by atoms with Crippen molar-refractivity contribution in [1.29, 1.82) is 0 Å². The van der Waals surface area contributed by atoms with E-state index in [1.54, 1.807) is 6.92 Å². The van der Waals surface area contributed by atoms with Gasteiger partial charge in [0.15, 0.2) is 0 Å². The fraction of sp³-hybridized carbons (Fsp3) is 0.680. The Labute approximate surface area is 212 Å². The molecule has 0 aromatic heterocycles. The number of aliphatic hydroxyl groups is 1. The molecule has 3 rings (SSSR count).